The van der Waals surface area contributed by atoms with Crippen LogP contribution in [0.2, 0.25) is 0 Å². The van der Waals surface area contributed by atoms with Gasteiger partial charge >= 0.3 is 0 Å². The predicted octanol–water partition coefficient (Wildman–Crippen LogP) is 4.01. The highest BCUT2D eigenvalue weighted by Crippen LogP contribution is 2.39. The number of aromatic nitrogens is 1. The van der Waals surface area contributed by atoms with Crippen LogP contribution in [0.15, 0.2) is 66.7 Å². The molecule has 1 atom stereocenters. The Bertz CT molecular complexity index is 850. The lowest BCUT2D eigenvalue weighted by Crippen LogP contribution is -2.28. The van der Waals surface area contributed by atoms with Gasteiger partial charge < -0.3 is 4.90 Å². The molecule has 4 rings (SSSR count). The lowest BCUT2D eigenvalue weighted by Gasteiger charge is -2.23. The fourth-order valence-electron chi connectivity index (χ4n) is 2.87. The fraction of sp³-hybridized carbons (Fsp3) is 0.158. The van der Waals surface area contributed by atoms with Crippen molar-refractivity contribution in [2.75, 3.05) is 5.75 Å². The molecule has 1 fully saturated rings. The Morgan fingerprint density at radius 3 is 2.65 bits per heavy atom. The minimum absolute atomic E-state index is 0.00712. The zero-order valence-electron chi connectivity index (χ0n) is 12.6. The van der Waals surface area contributed by atoms with E-state index in [1.165, 1.54) is 0 Å². The van der Waals surface area contributed by atoms with Gasteiger partial charge in [0.15, 0.2) is 0 Å². The van der Waals surface area contributed by atoms with Crippen LogP contribution in [-0.2, 0) is 11.3 Å². The number of nitrogens with zero attached hydrogens (tertiary/aromatic N) is 2. The van der Waals surface area contributed by atoms with E-state index in [-0.39, 0.29) is 11.3 Å². The lowest BCUT2D eigenvalue weighted by atomic mass is 10.2. The molecule has 0 bridgehead atoms. The zero-order chi connectivity index (χ0) is 15.6. The smallest absolute Gasteiger partial charge is 0.234 e. The molecular weight excluding hydrogens is 304 g/mol. The Kier molecular flexibility index (Phi) is 3.75. The SMILES string of the molecule is O=C1CSC(c2ccc3ccccc3n2)N1Cc1ccccc1. The predicted molar refractivity (Wildman–Crippen MR) is 93.9 cm³/mol. The molecule has 0 N–H and O–H groups in total. The third-order valence-electron chi connectivity index (χ3n) is 4.04. The molecule has 0 saturated carbocycles. The van der Waals surface area contributed by atoms with E-state index < -0.39 is 0 Å². The van der Waals surface area contributed by atoms with Crippen LogP contribution in [0.3, 0.4) is 0 Å². The molecule has 2 aromatic carbocycles. The maximum atomic E-state index is 12.3. The van der Waals surface area contributed by atoms with Gasteiger partial charge in [-0.3, -0.25) is 4.79 Å². The van der Waals surface area contributed by atoms with E-state index >= 15 is 0 Å². The van der Waals surface area contributed by atoms with E-state index in [1.54, 1.807) is 11.8 Å². The highest BCUT2D eigenvalue weighted by atomic mass is 32.2. The first-order valence-electron chi connectivity index (χ1n) is 7.62. The highest BCUT2D eigenvalue weighted by molar-refractivity contribution is 8.00. The van der Waals surface area contributed by atoms with Crippen LogP contribution in [0.25, 0.3) is 10.9 Å². The van der Waals surface area contributed by atoms with Crippen LogP contribution in [0.4, 0.5) is 0 Å². The molecule has 1 amide bonds. The average Bonchev–Trinajstić information content (AvgIpc) is 2.96. The second-order valence-corrected chi connectivity index (χ2v) is 6.67. The second-order valence-electron chi connectivity index (χ2n) is 5.60. The van der Waals surface area contributed by atoms with Crippen LogP contribution in [-0.4, -0.2) is 21.5 Å². The third-order valence-corrected chi connectivity index (χ3v) is 5.26. The van der Waals surface area contributed by atoms with Crippen molar-refractivity contribution in [3.05, 3.63) is 78.0 Å². The number of carbonyl (C=O) groups excluding carboxylic acids is 1. The molecule has 114 valence electrons. The van der Waals surface area contributed by atoms with Crippen molar-refractivity contribution in [2.24, 2.45) is 0 Å². The van der Waals surface area contributed by atoms with Crippen LogP contribution in [0, 0.1) is 0 Å². The molecule has 0 aliphatic carbocycles. The maximum Gasteiger partial charge on any atom is 0.234 e. The summed E-state index contributed by atoms with van der Waals surface area (Å²) in [5, 5.41) is 1.12. The van der Waals surface area contributed by atoms with Crippen molar-refractivity contribution in [1.82, 2.24) is 9.88 Å². The number of hydrogen-bond acceptors (Lipinski definition) is 3. The molecule has 0 spiro atoms. The number of pyridine rings is 1. The molecule has 1 unspecified atom stereocenters. The van der Waals surface area contributed by atoms with Gasteiger partial charge in [0.2, 0.25) is 5.91 Å². The minimum Gasteiger partial charge on any atom is -0.320 e. The molecule has 1 aromatic heterocycles. The summed E-state index contributed by atoms with van der Waals surface area (Å²) in [6, 6.07) is 22.3. The van der Waals surface area contributed by atoms with Crippen molar-refractivity contribution in [3.63, 3.8) is 0 Å². The maximum absolute atomic E-state index is 12.3. The summed E-state index contributed by atoms with van der Waals surface area (Å²) < 4.78 is 0. The van der Waals surface area contributed by atoms with Gasteiger partial charge in [0.25, 0.3) is 0 Å². The molecule has 3 aromatic rings. The topological polar surface area (TPSA) is 33.2 Å². The minimum atomic E-state index is -0.00712. The lowest BCUT2D eigenvalue weighted by molar-refractivity contribution is -0.128. The molecular formula is C19H16N2OS. The van der Waals surface area contributed by atoms with E-state index in [1.807, 2.05) is 47.4 Å². The van der Waals surface area contributed by atoms with Crippen LogP contribution in [0.1, 0.15) is 16.6 Å². The summed E-state index contributed by atoms with van der Waals surface area (Å²) in [5.41, 5.74) is 3.08. The number of para-hydroxylation sites is 1. The summed E-state index contributed by atoms with van der Waals surface area (Å²) in [5.74, 6) is 0.699. The van der Waals surface area contributed by atoms with E-state index in [4.69, 9.17) is 4.98 Å². The van der Waals surface area contributed by atoms with Crippen molar-refractivity contribution in [3.8, 4) is 0 Å². The Hall–Kier alpha value is -2.33. The summed E-state index contributed by atoms with van der Waals surface area (Å²) in [7, 11) is 0. The van der Waals surface area contributed by atoms with E-state index in [9.17, 15) is 4.79 Å². The van der Waals surface area contributed by atoms with E-state index in [2.05, 4.69) is 24.3 Å². The van der Waals surface area contributed by atoms with Crippen LogP contribution in [0.5, 0.6) is 0 Å². The van der Waals surface area contributed by atoms with Gasteiger partial charge in [-0.1, -0.05) is 54.6 Å². The summed E-state index contributed by atoms with van der Waals surface area (Å²) in [4.78, 5) is 19.0. The molecule has 4 heteroatoms. The van der Waals surface area contributed by atoms with Gasteiger partial charge in [-0.05, 0) is 17.7 Å². The highest BCUT2D eigenvalue weighted by Gasteiger charge is 2.33. The largest absolute Gasteiger partial charge is 0.320 e. The molecule has 1 aliphatic heterocycles. The first-order valence-corrected chi connectivity index (χ1v) is 8.67. The second kappa shape index (κ2) is 6.05. The Labute approximate surface area is 139 Å². The quantitative estimate of drug-likeness (QED) is 0.731. The Balaban J connectivity index is 1.66. The summed E-state index contributed by atoms with van der Waals surface area (Å²) >= 11 is 1.65. The standard InChI is InChI=1S/C19H16N2OS/c22-18-13-23-19(21(18)12-14-6-2-1-3-7-14)17-11-10-15-8-4-5-9-16(15)20-17/h1-11,19H,12-13H2. The molecule has 0 radical (unpaired) electrons. The van der Waals surface area contributed by atoms with Crippen LogP contribution < -0.4 is 0 Å². The van der Waals surface area contributed by atoms with Crippen molar-refractivity contribution < 1.29 is 4.79 Å². The van der Waals surface area contributed by atoms with Gasteiger partial charge in [-0.2, -0.15) is 0 Å². The van der Waals surface area contributed by atoms with Crippen molar-refractivity contribution in [1.29, 1.82) is 0 Å². The number of hydrogen-bond donors (Lipinski definition) is 0. The Morgan fingerprint density at radius 2 is 1.78 bits per heavy atom. The molecule has 23 heavy (non-hydrogen) atoms. The molecule has 1 saturated heterocycles. The molecule has 2 heterocycles. The summed E-state index contributed by atoms with van der Waals surface area (Å²) in [6.07, 6.45) is 0. The zero-order valence-corrected chi connectivity index (χ0v) is 13.4. The van der Waals surface area contributed by atoms with Crippen molar-refractivity contribution >= 4 is 28.6 Å². The summed E-state index contributed by atoms with van der Waals surface area (Å²) in [6.45, 7) is 0.631. The monoisotopic (exact) mass is 320 g/mol. The van der Waals surface area contributed by atoms with Crippen molar-refractivity contribution in [2.45, 2.75) is 11.9 Å². The van der Waals surface area contributed by atoms with Gasteiger partial charge in [0.1, 0.15) is 5.37 Å². The number of fused-ring (bicyclic) bond motifs is 1. The van der Waals surface area contributed by atoms with E-state index in [0.29, 0.717) is 12.3 Å². The molecule has 1 aliphatic rings. The van der Waals surface area contributed by atoms with Gasteiger partial charge in [-0.25, -0.2) is 4.98 Å². The van der Waals surface area contributed by atoms with Gasteiger partial charge in [0, 0.05) is 11.9 Å². The average molecular weight is 320 g/mol. The Morgan fingerprint density at radius 1 is 1.00 bits per heavy atom. The number of rotatable bonds is 3. The first kappa shape index (κ1) is 14.3. The first-order chi connectivity index (χ1) is 11.3. The fourth-order valence-corrected chi connectivity index (χ4v) is 4.01. The third kappa shape index (κ3) is 2.82. The normalized spacial score (nSPS) is 17.8. The van der Waals surface area contributed by atoms with Crippen LogP contribution >= 0.6 is 11.8 Å². The number of carbonyl (C=O) groups is 1. The number of benzene rings is 2. The van der Waals surface area contributed by atoms with Gasteiger partial charge in [-0.15, -0.1) is 11.8 Å². The van der Waals surface area contributed by atoms with E-state index in [0.717, 1.165) is 22.2 Å². The number of thioether (sulfide) groups is 1. The van der Waals surface area contributed by atoms with Gasteiger partial charge in [0.05, 0.1) is 17.0 Å². The molecule has 3 nitrogen and oxygen atoms in total. The number of amides is 1.